The van der Waals surface area contributed by atoms with Crippen LogP contribution in [0.15, 0.2) is 60.0 Å². The van der Waals surface area contributed by atoms with Crippen LogP contribution in [0, 0.1) is 11.2 Å². The van der Waals surface area contributed by atoms with Gasteiger partial charge in [0.25, 0.3) is 0 Å². The second-order valence-corrected chi connectivity index (χ2v) is 9.69. The molecule has 0 aliphatic heterocycles. The number of allylic oxidation sites excluding steroid dienone is 2. The Kier molecular flexibility index (Phi) is 6.47. The zero-order valence-corrected chi connectivity index (χ0v) is 19.2. The molecule has 4 rings (SSSR count). The Labute approximate surface area is 192 Å². The van der Waals surface area contributed by atoms with Crippen molar-refractivity contribution < 1.29 is 19.0 Å². The molecular weight excluding hydrogens is 423 g/mol. The molecule has 0 saturated heterocycles. The predicted molar refractivity (Wildman–Crippen MR) is 127 cm³/mol. The van der Waals surface area contributed by atoms with E-state index in [1.54, 1.807) is 17.4 Å². The Morgan fingerprint density at radius 1 is 1.19 bits per heavy atom. The third kappa shape index (κ3) is 4.78. The maximum atomic E-state index is 14.7. The maximum Gasteiger partial charge on any atom is 0.303 e. The van der Waals surface area contributed by atoms with E-state index in [0.717, 1.165) is 34.4 Å². The number of thiophene rings is 1. The van der Waals surface area contributed by atoms with Crippen LogP contribution in [0.25, 0.3) is 16.0 Å². The number of hydrogen-bond donors (Lipinski definition) is 1. The molecular formula is C27H27FO3S. The summed E-state index contributed by atoms with van der Waals surface area (Å²) in [5, 5.41) is 11.0. The quantitative estimate of drug-likeness (QED) is 0.390. The number of hydrogen-bond acceptors (Lipinski definition) is 3. The highest BCUT2D eigenvalue weighted by Crippen LogP contribution is 2.50. The average molecular weight is 451 g/mol. The summed E-state index contributed by atoms with van der Waals surface area (Å²) in [7, 11) is 0. The van der Waals surface area contributed by atoms with E-state index in [1.165, 1.54) is 11.6 Å². The molecule has 1 heterocycles. The second kappa shape index (κ2) is 9.29. The molecule has 0 amide bonds. The van der Waals surface area contributed by atoms with Crippen LogP contribution in [-0.2, 0) is 17.8 Å². The number of benzene rings is 2. The molecule has 1 N–H and O–H groups in total. The van der Waals surface area contributed by atoms with Gasteiger partial charge in [0.05, 0.1) is 0 Å². The van der Waals surface area contributed by atoms with Gasteiger partial charge in [0, 0.05) is 28.0 Å². The van der Waals surface area contributed by atoms with Gasteiger partial charge in [0.1, 0.15) is 18.2 Å². The Morgan fingerprint density at radius 2 is 2.00 bits per heavy atom. The van der Waals surface area contributed by atoms with Crippen molar-refractivity contribution in [3.8, 4) is 16.2 Å². The summed E-state index contributed by atoms with van der Waals surface area (Å²) in [6.45, 7) is 4.85. The van der Waals surface area contributed by atoms with Gasteiger partial charge in [-0.1, -0.05) is 50.3 Å². The fraction of sp³-hybridized carbons (Fsp3) is 0.296. The summed E-state index contributed by atoms with van der Waals surface area (Å²) < 4.78 is 20.8. The lowest BCUT2D eigenvalue weighted by Gasteiger charge is -2.24. The van der Waals surface area contributed by atoms with Gasteiger partial charge in [0.15, 0.2) is 0 Å². The van der Waals surface area contributed by atoms with Gasteiger partial charge >= 0.3 is 5.97 Å². The lowest BCUT2D eigenvalue weighted by Crippen LogP contribution is -2.11. The molecule has 0 spiro atoms. The average Bonchev–Trinajstić information content (AvgIpc) is 3.33. The first kappa shape index (κ1) is 22.3. The molecule has 1 aliphatic carbocycles. The van der Waals surface area contributed by atoms with E-state index in [4.69, 9.17) is 9.84 Å². The number of carbonyl (C=O) groups is 1. The Bertz CT molecular complexity index is 1160. The molecule has 166 valence electrons. The molecule has 3 nitrogen and oxygen atoms in total. The van der Waals surface area contributed by atoms with Gasteiger partial charge in [-0.15, -0.1) is 11.3 Å². The molecule has 1 aliphatic rings. The number of aryl methyl sites for hydroxylation is 1. The first-order valence-electron chi connectivity index (χ1n) is 10.8. The SMILES string of the molecule is CC1(C)CCC=C1c1c(COc2cccc(CCC(=O)O)c2)csc1-c1ccccc1F. The monoisotopic (exact) mass is 450 g/mol. The van der Waals surface area contributed by atoms with E-state index < -0.39 is 5.97 Å². The third-order valence-electron chi connectivity index (χ3n) is 6.02. The summed E-state index contributed by atoms with van der Waals surface area (Å²) in [6.07, 6.45) is 4.92. The molecule has 32 heavy (non-hydrogen) atoms. The Hall–Kier alpha value is -2.92. The lowest BCUT2D eigenvalue weighted by atomic mass is 9.80. The van der Waals surface area contributed by atoms with Crippen molar-refractivity contribution in [1.82, 2.24) is 0 Å². The molecule has 5 heteroatoms. The van der Waals surface area contributed by atoms with Crippen LogP contribution < -0.4 is 4.74 Å². The molecule has 0 radical (unpaired) electrons. The van der Waals surface area contributed by atoms with Crippen LogP contribution in [0.3, 0.4) is 0 Å². The van der Waals surface area contributed by atoms with Crippen molar-refractivity contribution in [2.45, 2.75) is 46.1 Å². The van der Waals surface area contributed by atoms with Crippen molar-refractivity contribution in [3.63, 3.8) is 0 Å². The molecule has 0 atom stereocenters. The van der Waals surface area contributed by atoms with Gasteiger partial charge in [-0.05, 0) is 59.4 Å². The van der Waals surface area contributed by atoms with E-state index in [0.29, 0.717) is 24.3 Å². The van der Waals surface area contributed by atoms with Gasteiger partial charge < -0.3 is 9.84 Å². The van der Waals surface area contributed by atoms with E-state index >= 15 is 0 Å². The highest BCUT2D eigenvalue weighted by atomic mass is 32.1. The van der Waals surface area contributed by atoms with Crippen LogP contribution in [0.5, 0.6) is 5.75 Å². The fourth-order valence-electron chi connectivity index (χ4n) is 4.27. The molecule has 2 aromatic carbocycles. The third-order valence-corrected chi connectivity index (χ3v) is 7.08. The number of rotatable bonds is 8. The highest BCUT2D eigenvalue weighted by Gasteiger charge is 2.32. The molecule has 0 saturated carbocycles. The largest absolute Gasteiger partial charge is 0.489 e. The number of carboxylic acids is 1. The minimum absolute atomic E-state index is 0.0204. The molecule has 0 fully saturated rings. The number of carboxylic acid groups (broad SMARTS) is 1. The van der Waals surface area contributed by atoms with Crippen LogP contribution >= 0.6 is 11.3 Å². The topological polar surface area (TPSA) is 46.5 Å². The summed E-state index contributed by atoms with van der Waals surface area (Å²) in [6, 6.07) is 14.5. The lowest BCUT2D eigenvalue weighted by molar-refractivity contribution is -0.136. The Morgan fingerprint density at radius 3 is 2.72 bits per heavy atom. The number of halogens is 1. The van der Waals surface area contributed by atoms with Crippen molar-refractivity contribution >= 4 is 22.9 Å². The Balaban J connectivity index is 1.65. The number of aliphatic carboxylic acids is 1. The predicted octanol–water partition coefficient (Wildman–Crippen LogP) is 7.35. The summed E-state index contributed by atoms with van der Waals surface area (Å²) in [5.41, 5.74) is 4.97. The van der Waals surface area contributed by atoms with E-state index in [2.05, 4.69) is 25.3 Å². The zero-order chi connectivity index (χ0) is 22.7. The van der Waals surface area contributed by atoms with Gasteiger partial charge in [-0.2, -0.15) is 0 Å². The van der Waals surface area contributed by atoms with Crippen LogP contribution in [0.4, 0.5) is 4.39 Å². The second-order valence-electron chi connectivity index (χ2n) is 8.82. The van der Waals surface area contributed by atoms with Gasteiger partial charge in [-0.3, -0.25) is 4.79 Å². The molecule has 3 aromatic rings. The van der Waals surface area contributed by atoms with Crippen LogP contribution in [0.2, 0.25) is 0 Å². The van der Waals surface area contributed by atoms with Crippen LogP contribution in [0.1, 0.15) is 49.8 Å². The van der Waals surface area contributed by atoms with Crippen molar-refractivity contribution in [2.75, 3.05) is 0 Å². The summed E-state index contributed by atoms with van der Waals surface area (Å²) in [5.74, 6) is -0.324. The van der Waals surface area contributed by atoms with Crippen molar-refractivity contribution in [2.24, 2.45) is 5.41 Å². The first-order valence-corrected chi connectivity index (χ1v) is 11.7. The molecule has 1 aromatic heterocycles. The molecule has 0 unspecified atom stereocenters. The minimum Gasteiger partial charge on any atom is -0.489 e. The van der Waals surface area contributed by atoms with E-state index in [9.17, 15) is 9.18 Å². The standard InChI is InChI=1S/C27H27FO3S/c1-27(2)14-6-10-22(27)25-19(17-32-26(25)21-9-3-4-11-23(21)28)16-31-20-8-5-7-18(15-20)12-13-24(29)30/h3-5,7-11,15,17H,6,12-14,16H2,1-2H3,(H,29,30). The normalized spacial score (nSPS) is 14.9. The van der Waals surface area contributed by atoms with E-state index in [1.807, 2.05) is 36.4 Å². The fourth-order valence-corrected chi connectivity index (χ4v) is 5.37. The van der Waals surface area contributed by atoms with Gasteiger partial charge in [0.2, 0.25) is 0 Å². The zero-order valence-electron chi connectivity index (χ0n) is 18.4. The number of ether oxygens (including phenoxy) is 1. The molecule has 0 bridgehead atoms. The smallest absolute Gasteiger partial charge is 0.303 e. The van der Waals surface area contributed by atoms with E-state index in [-0.39, 0.29) is 17.7 Å². The summed E-state index contributed by atoms with van der Waals surface area (Å²) >= 11 is 1.55. The van der Waals surface area contributed by atoms with Crippen molar-refractivity contribution in [3.05, 3.63) is 82.5 Å². The highest BCUT2D eigenvalue weighted by molar-refractivity contribution is 7.14. The van der Waals surface area contributed by atoms with Gasteiger partial charge in [-0.25, -0.2) is 4.39 Å². The van der Waals surface area contributed by atoms with Crippen LogP contribution in [-0.4, -0.2) is 11.1 Å². The summed E-state index contributed by atoms with van der Waals surface area (Å²) in [4.78, 5) is 11.8. The minimum atomic E-state index is -0.813. The maximum absolute atomic E-state index is 14.7. The first-order chi connectivity index (χ1) is 15.3. The van der Waals surface area contributed by atoms with Crippen molar-refractivity contribution in [1.29, 1.82) is 0 Å².